The van der Waals surface area contributed by atoms with Crippen molar-refractivity contribution in [3.05, 3.63) is 0 Å². The first-order chi connectivity index (χ1) is 7.13. The van der Waals surface area contributed by atoms with Gasteiger partial charge in [0.2, 0.25) is 0 Å². The highest BCUT2D eigenvalue weighted by atomic mass is 15.2. The molecule has 0 heterocycles. The lowest BCUT2D eigenvalue weighted by Gasteiger charge is -2.41. The summed E-state index contributed by atoms with van der Waals surface area (Å²) in [5, 5.41) is 0. The second kappa shape index (κ2) is 5.86. The SMILES string of the molecule is CCCCCC(N)C1(N(C)C)CCCC1. The van der Waals surface area contributed by atoms with Crippen molar-refractivity contribution in [1.29, 1.82) is 0 Å². The second-order valence-electron chi connectivity index (χ2n) is 5.31. The van der Waals surface area contributed by atoms with Crippen LogP contribution in [0.15, 0.2) is 0 Å². The van der Waals surface area contributed by atoms with Crippen LogP contribution >= 0.6 is 0 Å². The van der Waals surface area contributed by atoms with Gasteiger partial charge in [0.05, 0.1) is 0 Å². The molecule has 0 aliphatic heterocycles. The predicted molar refractivity (Wildman–Crippen MR) is 67.0 cm³/mol. The van der Waals surface area contributed by atoms with Gasteiger partial charge in [-0.1, -0.05) is 39.0 Å². The molecule has 1 unspecified atom stereocenters. The van der Waals surface area contributed by atoms with E-state index in [1.807, 2.05) is 0 Å². The Balaban J connectivity index is 2.48. The van der Waals surface area contributed by atoms with E-state index in [9.17, 15) is 0 Å². The van der Waals surface area contributed by atoms with Crippen LogP contribution in [0.25, 0.3) is 0 Å². The summed E-state index contributed by atoms with van der Waals surface area (Å²) in [5.74, 6) is 0. The zero-order valence-corrected chi connectivity index (χ0v) is 10.8. The number of hydrogen-bond acceptors (Lipinski definition) is 2. The Morgan fingerprint density at radius 2 is 1.80 bits per heavy atom. The third-order valence-electron chi connectivity index (χ3n) is 4.17. The van der Waals surface area contributed by atoms with Crippen molar-refractivity contribution in [3.8, 4) is 0 Å². The molecular weight excluding hydrogens is 184 g/mol. The average Bonchev–Trinajstić information content (AvgIpc) is 2.67. The molecular formula is C13H28N2. The number of rotatable bonds is 6. The lowest BCUT2D eigenvalue weighted by molar-refractivity contribution is 0.117. The summed E-state index contributed by atoms with van der Waals surface area (Å²) in [6.45, 7) is 2.25. The lowest BCUT2D eigenvalue weighted by atomic mass is 9.84. The fourth-order valence-electron chi connectivity index (χ4n) is 3.02. The van der Waals surface area contributed by atoms with Crippen molar-refractivity contribution < 1.29 is 0 Å². The molecule has 0 spiro atoms. The maximum absolute atomic E-state index is 6.41. The van der Waals surface area contributed by atoms with Crippen molar-refractivity contribution in [1.82, 2.24) is 4.90 Å². The highest BCUT2D eigenvalue weighted by Crippen LogP contribution is 2.37. The van der Waals surface area contributed by atoms with E-state index in [0.717, 1.165) is 0 Å². The van der Waals surface area contributed by atoms with Gasteiger partial charge in [0.15, 0.2) is 0 Å². The van der Waals surface area contributed by atoms with Crippen LogP contribution in [0.1, 0.15) is 58.3 Å². The second-order valence-corrected chi connectivity index (χ2v) is 5.31. The molecule has 0 radical (unpaired) electrons. The van der Waals surface area contributed by atoms with Gasteiger partial charge >= 0.3 is 0 Å². The normalized spacial score (nSPS) is 22.2. The van der Waals surface area contributed by atoms with Crippen LogP contribution in [-0.2, 0) is 0 Å². The first-order valence-corrected chi connectivity index (χ1v) is 6.56. The van der Waals surface area contributed by atoms with Crippen molar-refractivity contribution >= 4 is 0 Å². The zero-order chi connectivity index (χ0) is 11.3. The molecule has 1 fully saturated rings. The van der Waals surface area contributed by atoms with Crippen molar-refractivity contribution in [2.24, 2.45) is 5.73 Å². The molecule has 90 valence electrons. The predicted octanol–water partition coefficient (Wildman–Crippen LogP) is 2.77. The average molecular weight is 212 g/mol. The van der Waals surface area contributed by atoms with Gasteiger partial charge in [-0.25, -0.2) is 0 Å². The summed E-state index contributed by atoms with van der Waals surface area (Å²) in [7, 11) is 4.40. The van der Waals surface area contributed by atoms with Crippen LogP contribution in [0.5, 0.6) is 0 Å². The summed E-state index contributed by atoms with van der Waals surface area (Å²) >= 11 is 0. The van der Waals surface area contributed by atoms with Crippen LogP contribution in [0, 0.1) is 0 Å². The quantitative estimate of drug-likeness (QED) is 0.686. The van der Waals surface area contributed by atoms with E-state index in [2.05, 4.69) is 25.9 Å². The molecule has 2 N–H and O–H groups in total. The highest BCUT2D eigenvalue weighted by Gasteiger charge is 2.40. The van der Waals surface area contributed by atoms with E-state index in [4.69, 9.17) is 5.73 Å². The lowest BCUT2D eigenvalue weighted by Crippen LogP contribution is -2.55. The first-order valence-electron chi connectivity index (χ1n) is 6.56. The Morgan fingerprint density at radius 1 is 1.20 bits per heavy atom. The Bertz CT molecular complexity index is 171. The topological polar surface area (TPSA) is 29.3 Å². The summed E-state index contributed by atoms with van der Waals surface area (Å²) in [4.78, 5) is 2.39. The fraction of sp³-hybridized carbons (Fsp3) is 1.00. The molecule has 0 aromatic heterocycles. The Hall–Kier alpha value is -0.0800. The van der Waals surface area contributed by atoms with Crippen LogP contribution in [-0.4, -0.2) is 30.6 Å². The van der Waals surface area contributed by atoms with Crippen LogP contribution in [0.2, 0.25) is 0 Å². The Kier molecular flexibility index (Phi) is 5.07. The molecule has 1 saturated carbocycles. The first kappa shape index (κ1) is 13.0. The Labute approximate surface area is 95.2 Å². The van der Waals surface area contributed by atoms with E-state index in [-0.39, 0.29) is 0 Å². The molecule has 0 amide bonds. The van der Waals surface area contributed by atoms with Crippen molar-refractivity contribution in [3.63, 3.8) is 0 Å². The number of unbranched alkanes of at least 4 members (excludes halogenated alkanes) is 2. The van der Waals surface area contributed by atoms with Gasteiger partial charge < -0.3 is 10.6 Å². The molecule has 1 aliphatic rings. The minimum Gasteiger partial charge on any atom is -0.326 e. The van der Waals surface area contributed by atoms with E-state index in [1.54, 1.807) is 0 Å². The Morgan fingerprint density at radius 3 is 2.27 bits per heavy atom. The largest absolute Gasteiger partial charge is 0.326 e. The minimum atomic E-state index is 0.313. The fourth-order valence-corrected chi connectivity index (χ4v) is 3.02. The zero-order valence-electron chi connectivity index (χ0n) is 10.8. The summed E-state index contributed by atoms with van der Waals surface area (Å²) < 4.78 is 0. The molecule has 1 aliphatic carbocycles. The molecule has 1 rings (SSSR count). The van der Waals surface area contributed by atoms with Crippen LogP contribution in [0.3, 0.4) is 0 Å². The van der Waals surface area contributed by atoms with E-state index < -0.39 is 0 Å². The van der Waals surface area contributed by atoms with Crippen molar-refractivity contribution in [2.75, 3.05) is 14.1 Å². The minimum absolute atomic E-state index is 0.313. The molecule has 0 bridgehead atoms. The van der Waals surface area contributed by atoms with Gasteiger partial charge in [0, 0.05) is 11.6 Å². The maximum Gasteiger partial charge on any atom is 0.0354 e. The number of likely N-dealkylation sites (N-methyl/N-ethyl adjacent to an activating group) is 1. The molecule has 15 heavy (non-hydrogen) atoms. The maximum atomic E-state index is 6.41. The molecule has 0 saturated heterocycles. The van der Waals surface area contributed by atoms with Gasteiger partial charge in [-0.2, -0.15) is 0 Å². The number of nitrogens with two attached hydrogens (primary N) is 1. The molecule has 2 heteroatoms. The number of nitrogens with zero attached hydrogens (tertiary/aromatic N) is 1. The third kappa shape index (κ3) is 2.94. The van der Waals surface area contributed by atoms with Crippen LogP contribution in [0.4, 0.5) is 0 Å². The molecule has 0 aromatic rings. The monoisotopic (exact) mass is 212 g/mol. The van der Waals surface area contributed by atoms with Crippen molar-refractivity contribution in [2.45, 2.75) is 69.9 Å². The highest BCUT2D eigenvalue weighted by molar-refractivity contribution is 5.00. The van der Waals surface area contributed by atoms with Gasteiger partial charge in [-0.3, -0.25) is 0 Å². The van der Waals surface area contributed by atoms with Crippen LogP contribution < -0.4 is 5.73 Å². The van der Waals surface area contributed by atoms with E-state index >= 15 is 0 Å². The molecule has 2 nitrogen and oxygen atoms in total. The summed E-state index contributed by atoms with van der Waals surface area (Å²) in [5.41, 5.74) is 6.73. The van der Waals surface area contributed by atoms with Gasteiger partial charge in [-0.05, 0) is 33.4 Å². The van der Waals surface area contributed by atoms with Gasteiger partial charge in [0.25, 0.3) is 0 Å². The standard InChI is InChI=1S/C13H28N2/c1-4-5-6-9-12(14)13(15(2)3)10-7-8-11-13/h12H,4-11,14H2,1-3H3. The smallest absolute Gasteiger partial charge is 0.0354 e. The summed E-state index contributed by atoms with van der Waals surface area (Å²) in [6.07, 6.45) is 10.4. The third-order valence-corrected chi connectivity index (χ3v) is 4.17. The van der Waals surface area contributed by atoms with E-state index in [1.165, 1.54) is 51.4 Å². The molecule has 0 aromatic carbocycles. The van der Waals surface area contributed by atoms with Gasteiger partial charge in [0.1, 0.15) is 0 Å². The number of hydrogen-bond donors (Lipinski definition) is 1. The van der Waals surface area contributed by atoms with Gasteiger partial charge in [-0.15, -0.1) is 0 Å². The molecule has 1 atom stereocenters. The summed E-state index contributed by atoms with van der Waals surface area (Å²) in [6, 6.07) is 0.376. The van der Waals surface area contributed by atoms with E-state index in [0.29, 0.717) is 11.6 Å².